The molecule has 0 unspecified atom stereocenters. The van der Waals surface area contributed by atoms with Crippen molar-refractivity contribution >= 4 is 60.5 Å². The van der Waals surface area contributed by atoms with E-state index in [2.05, 4.69) is 207 Å². The van der Waals surface area contributed by atoms with Gasteiger partial charge in [-0.1, -0.05) is 147 Å². The first-order valence-corrected chi connectivity index (χ1v) is 19.1. The van der Waals surface area contributed by atoms with Crippen molar-refractivity contribution in [3.63, 3.8) is 0 Å². The van der Waals surface area contributed by atoms with Gasteiger partial charge in [0.1, 0.15) is 11.2 Å². The van der Waals surface area contributed by atoms with E-state index in [0.29, 0.717) is 0 Å². The van der Waals surface area contributed by atoms with E-state index >= 15 is 0 Å². The smallest absolute Gasteiger partial charge is 0.143 e. The molecular weight excluding hydrogens is 667 g/mol. The molecule has 0 N–H and O–H groups in total. The molecule has 55 heavy (non-hydrogen) atoms. The van der Waals surface area contributed by atoms with E-state index in [1.165, 1.54) is 65.7 Å². The summed E-state index contributed by atoms with van der Waals surface area (Å²) in [5.41, 5.74) is 15.1. The number of nitrogens with zero attached hydrogens (tertiary/aromatic N) is 1. The van der Waals surface area contributed by atoms with E-state index in [4.69, 9.17) is 4.42 Å². The molecule has 0 fully saturated rings. The van der Waals surface area contributed by atoms with Gasteiger partial charge in [-0.2, -0.15) is 0 Å². The molecule has 9 aromatic carbocycles. The largest absolute Gasteiger partial charge is 0.455 e. The topological polar surface area (TPSA) is 16.4 Å². The molecule has 11 rings (SSSR count). The Kier molecular flexibility index (Phi) is 6.93. The molecule has 1 aliphatic rings. The molecule has 0 atom stereocenters. The Morgan fingerprint density at radius 3 is 1.75 bits per heavy atom. The summed E-state index contributed by atoms with van der Waals surface area (Å²) in [6, 6.07) is 68.2. The average Bonchev–Trinajstić information content (AvgIpc) is 3.74. The van der Waals surface area contributed by atoms with Crippen LogP contribution in [-0.2, 0) is 5.41 Å². The summed E-state index contributed by atoms with van der Waals surface area (Å²) in [7, 11) is 0. The first-order chi connectivity index (χ1) is 27.0. The fourth-order valence-corrected chi connectivity index (χ4v) is 9.09. The molecule has 0 spiro atoms. The van der Waals surface area contributed by atoms with Gasteiger partial charge in [0.05, 0.1) is 0 Å². The second-order valence-electron chi connectivity index (χ2n) is 15.3. The number of anilines is 3. The summed E-state index contributed by atoms with van der Waals surface area (Å²) in [6.45, 7) is 4.73. The lowest BCUT2D eigenvalue weighted by Crippen LogP contribution is -2.16. The van der Waals surface area contributed by atoms with Gasteiger partial charge in [0, 0.05) is 38.8 Å². The molecule has 1 aromatic heterocycles. The van der Waals surface area contributed by atoms with Crippen LogP contribution in [0.15, 0.2) is 192 Å². The molecular formula is C53H37NO. The third-order valence-corrected chi connectivity index (χ3v) is 11.8. The van der Waals surface area contributed by atoms with Crippen LogP contribution in [-0.4, -0.2) is 0 Å². The number of para-hydroxylation sites is 1. The summed E-state index contributed by atoms with van der Waals surface area (Å²) in [4.78, 5) is 2.38. The zero-order chi connectivity index (χ0) is 36.7. The maximum atomic E-state index is 6.78. The molecule has 0 bridgehead atoms. The summed E-state index contributed by atoms with van der Waals surface area (Å²) in [5, 5.41) is 7.19. The summed E-state index contributed by atoms with van der Waals surface area (Å²) < 4.78 is 6.78. The van der Waals surface area contributed by atoms with E-state index in [1.54, 1.807) is 0 Å². The molecule has 10 aromatic rings. The molecule has 0 saturated carbocycles. The zero-order valence-electron chi connectivity index (χ0n) is 30.8. The van der Waals surface area contributed by atoms with Gasteiger partial charge in [-0.25, -0.2) is 0 Å². The number of hydrogen-bond acceptors (Lipinski definition) is 2. The second kappa shape index (κ2) is 12.1. The fourth-order valence-electron chi connectivity index (χ4n) is 9.09. The normalized spacial score (nSPS) is 13.1. The fraction of sp³-hybridized carbons (Fsp3) is 0.0566. The molecule has 0 aliphatic heterocycles. The quantitative estimate of drug-likeness (QED) is 0.177. The van der Waals surface area contributed by atoms with Gasteiger partial charge in [-0.15, -0.1) is 0 Å². The molecule has 1 aliphatic carbocycles. The van der Waals surface area contributed by atoms with Crippen LogP contribution in [0.4, 0.5) is 17.1 Å². The number of hydrogen-bond donors (Lipinski definition) is 0. The average molecular weight is 704 g/mol. The van der Waals surface area contributed by atoms with Crippen LogP contribution in [0.25, 0.3) is 76.9 Å². The van der Waals surface area contributed by atoms with Gasteiger partial charge in [0.15, 0.2) is 0 Å². The first kappa shape index (κ1) is 31.6. The van der Waals surface area contributed by atoms with Crippen molar-refractivity contribution in [1.29, 1.82) is 0 Å². The molecule has 2 heteroatoms. The standard InChI is InChI=1S/C53H37NO/c1-53(2)47-32-37(34-13-5-3-6-14-34)23-28-44(47)45-29-27-41(33-48(45)53)54(39-17-7-4-8-18-39)40-25-21-36(22-26-40)46-31-38-16-10-12-20-43(38)51-50-42-19-11-9-15-35(42)24-30-49(50)55-52(46)51/h3-33H,1-2H3. The van der Waals surface area contributed by atoms with Crippen molar-refractivity contribution in [2.45, 2.75) is 19.3 Å². The van der Waals surface area contributed by atoms with Crippen LogP contribution in [0.1, 0.15) is 25.0 Å². The van der Waals surface area contributed by atoms with Gasteiger partial charge < -0.3 is 9.32 Å². The van der Waals surface area contributed by atoms with Gasteiger partial charge in [0.2, 0.25) is 0 Å². The number of rotatable bonds is 5. The first-order valence-electron chi connectivity index (χ1n) is 19.1. The summed E-state index contributed by atoms with van der Waals surface area (Å²) in [6.07, 6.45) is 0. The van der Waals surface area contributed by atoms with Crippen LogP contribution < -0.4 is 4.90 Å². The van der Waals surface area contributed by atoms with Crippen LogP contribution in [0, 0.1) is 0 Å². The van der Waals surface area contributed by atoms with Crippen molar-refractivity contribution in [3.8, 4) is 33.4 Å². The van der Waals surface area contributed by atoms with E-state index < -0.39 is 0 Å². The molecule has 260 valence electrons. The Hall–Kier alpha value is -6.90. The Balaban J connectivity index is 1.03. The minimum absolute atomic E-state index is 0.156. The van der Waals surface area contributed by atoms with Crippen molar-refractivity contribution in [2.75, 3.05) is 4.90 Å². The molecule has 0 amide bonds. The Bertz CT molecular complexity index is 3100. The van der Waals surface area contributed by atoms with Gasteiger partial charge in [-0.3, -0.25) is 0 Å². The van der Waals surface area contributed by atoms with Crippen LogP contribution >= 0.6 is 0 Å². The lowest BCUT2D eigenvalue weighted by Gasteiger charge is -2.28. The lowest BCUT2D eigenvalue weighted by molar-refractivity contribution is 0.660. The van der Waals surface area contributed by atoms with Gasteiger partial charge in [0.25, 0.3) is 0 Å². The van der Waals surface area contributed by atoms with E-state index in [0.717, 1.165) is 39.4 Å². The number of furan rings is 1. The predicted molar refractivity (Wildman–Crippen MR) is 232 cm³/mol. The molecule has 2 nitrogen and oxygen atoms in total. The maximum absolute atomic E-state index is 6.78. The van der Waals surface area contributed by atoms with Crippen molar-refractivity contribution in [2.24, 2.45) is 0 Å². The Morgan fingerprint density at radius 2 is 0.982 bits per heavy atom. The van der Waals surface area contributed by atoms with Crippen LogP contribution in [0.5, 0.6) is 0 Å². The SMILES string of the molecule is CC1(C)c2cc(-c3ccccc3)ccc2-c2ccc(N(c3ccccc3)c3ccc(-c4cc5ccccc5c5c4oc4ccc6ccccc6c45)cc3)cc21. The van der Waals surface area contributed by atoms with Crippen molar-refractivity contribution in [3.05, 3.63) is 199 Å². The van der Waals surface area contributed by atoms with Crippen LogP contribution in [0.3, 0.4) is 0 Å². The predicted octanol–water partition coefficient (Wildman–Crippen LogP) is 15.0. The van der Waals surface area contributed by atoms with E-state index in [1.807, 2.05) is 0 Å². The highest BCUT2D eigenvalue weighted by molar-refractivity contribution is 6.28. The minimum Gasteiger partial charge on any atom is -0.455 e. The highest BCUT2D eigenvalue weighted by Crippen LogP contribution is 2.52. The van der Waals surface area contributed by atoms with E-state index in [9.17, 15) is 0 Å². The third kappa shape index (κ3) is 4.88. The highest BCUT2D eigenvalue weighted by Gasteiger charge is 2.36. The Labute approximate surface area is 320 Å². The lowest BCUT2D eigenvalue weighted by atomic mass is 9.81. The maximum Gasteiger partial charge on any atom is 0.143 e. The highest BCUT2D eigenvalue weighted by atomic mass is 16.3. The number of benzene rings is 9. The zero-order valence-corrected chi connectivity index (χ0v) is 30.8. The third-order valence-electron chi connectivity index (χ3n) is 11.8. The second-order valence-corrected chi connectivity index (χ2v) is 15.3. The monoisotopic (exact) mass is 703 g/mol. The van der Waals surface area contributed by atoms with Crippen molar-refractivity contribution < 1.29 is 4.42 Å². The minimum atomic E-state index is -0.156. The van der Waals surface area contributed by atoms with Gasteiger partial charge in [-0.05, 0) is 115 Å². The number of fused-ring (bicyclic) bond motifs is 10. The van der Waals surface area contributed by atoms with Crippen LogP contribution in [0.2, 0.25) is 0 Å². The van der Waals surface area contributed by atoms with Gasteiger partial charge >= 0.3 is 0 Å². The summed E-state index contributed by atoms with van der Waals surface area (Å²) in [5.74, 6) is 0. The molecule has 0 saturated heterocycles. The van der Waals surface area contributed by atoms with E-state index in [-0.39, 0.29) is 5.41 Å². The summed E-state index contributed by atoms with van der Waals surface area (Å²) >= 11 is 0. The molecule has 1 heterocycles. The van der Waals surface area contributed by atoms with Crippen molar-refractivity contribution in [1.82, 2.24) is 0 Å². The Morgan fingerprint density at radius 1 is 0.400 bits per heavy atom. The molecule has 0 radical (unpaired) electrons.